The van der Waals surface area contributed by atoms with Crippen molar-refractivity contribution in [3.05, 3.63) is 29.5 Å². The van der Waals surface area contributed by atoms with E-state index in [-0.39, 0.29) is 22.3 Å². The number of aryl methyl sites for hydroxylation is 1. The number of anilines is 1. The average molecular weight is 454 g/mol. The van der Waals surface area contributed by atoms with Gasteiger partial charge in [0.15, 0.2) is 23.0 Å². The van der Waals surface area contributed by atoms with Crippen LogP contribution in [0.1, 0.15) is 18.4 Å². The van der Waals surface area contributed by atoms with Crippen molar-refractivity contribution < 1.29 is 27.1 Å². The highest BCUT2D eigenvalue weighted by atomic mass is 19.4. The third kappa shape index (κ3) is 3.07. The van der Waals surface area contributed by atoms with Gasteiger partial charge in [0.25, 0.3) is 0 Å². The highest BCUT2D eigenvalue weighted by molar-refractivity contribution is 5.91. The Bertz CT molecular complexity index is 1240. The van der Waals surface area contributed by atoms with Crippen LogP contribution in [0.15, 0.2) is 12.3 Å². The second kappa shape index (κ2) is 6.74. The largest absolute Gasteiger partial charge is 0.503 e. The number of hydrogen-bond donors (Lipinski definition) is 1. The molecule has 32 heavy (non-hydrogen) atoms. The maximum atomic E-state index is 14.6. The molecule has 1 N–H and O–H groups in total. The molecule has 7 nitrogen and oxygen atoms in total. The molecule has 170 valence electrons. The molecule has 1 saturated carbocycles. The summed E-state index contributed by atoms with van der Waals surface area (Å²) >= 11 is 0. The van der Waals surface area contributed by atoms with E-state index in [9.17, 15) is 27.1 Å². The van der Waals surface area contributed by atoms with Gasteiger partial charge in [0.1, 0.15) is 5.69 Å². The number of rotatable bonds is 2. The third-order valence-corrected chi connectivity index (χ3v) is 6.42. The van der Waals surface area contributed by atoms with Crippen LogP contribution in [0.2, 0.25) is 0 Å². The summed E-state index contributed by atoms with van der Waals surface area (Å²) in [5, 5.41) is 13.9. The van der Waals surface area contributed by atoms with E-state index in [4.69, 9.17) is 0 Å². The third-order valence-electron chi connectivity index (χ3n) is 6.42. The number of aromatic hydroxyl groups is 1. The zero-order valence-corrected chi connectivity index (χ0v) is 17.2. The van der Waals surface area contributed by atoms with Crippen LogP contribution in [-0.4, -0.2) is 62.0 Å². The molecule has 1 aliphatic heterocycles. The lowest BCUT2D eigenvalue weighted by molar-refractivity contribution is -0.140. The van der Waals surface area contributed by atoms with Crippen LogP contribution in [0.4, 0.5) is 27.9 Å². The molecule has 1 saturated heterocycles. The van der Waals surface area contributed by atoms with Gasteiger partial charge < -0.3 is 10.0 Å². The van der Waals surface area contributed by atoms with E-state index in [1.54, 1.807) is 0 Å². The van der Waals surface area contributed by atoms with Crippen LogP contribution in [0.3, 0.4) is 0 Å². The Morgan fingerprint density at radius 1 is 1.09 bits per heavy atom. The fraction of sp³-hybridized carbons (Fsp3) is 0.450. The van der Waals surface area contributed by atoms with Crippen molar-refractivity contribution >= 4 is 17.0 Å². The first-order valence-corrected chi connectivity index (χ1v) is 9.96. The molecule has 0 atom stereocenters. The SMILES string of the molecule is CN1CCN(c2ncc3c(-c4cc(C(F)(F)F)c(F)c(O)c4F)nn(C)c3n2)CC12CC2. The van der Waals surface area contributed by atoms with Gasteiger partial charge in [0.05, 0.1) is 10.9 Å². The number of piperazine rings is 1. The Kier molecular flexibility index (Phi) is 4.39. The number of hydrogen-bond acceptors (Lipinski definition) is 6. The van der Waals surface area contributed by atoms with E-state index < -0.39 is 34.7 Å². The first-order valence-electron chi connectivity index (χ1n) is 9.96. The maximum absolute atomic E-state index is 14.6. The fourth-order valence-corrected chi connectivity index (χ4v) is 4.30. The molecule has 0 unspecified atom stereocenters. The molecule has 5 rings (SSSR count). The van der Waals surface area contributed by atoms with E-state index in [1.165, 1.54) is 17.9 Å². The molecule has 3 aromatic rings. The van der Waals surface area contributed by atoms with E-state index in [0.29, 0.717) is 18.6 Å². The normalized spacial score (nSPS) is 18.7. The number of likely N-dealkylation sites (N-methyl/N-ethyl adjacent to an activating group) is 1. The van der Waals surface area contributed by atoms with Crippen LogP contribution >= 0.6 is 0 Å². The zero-order valence-electron chi connectivity index (χ0n) is 17.2. The number of fused-ring (bicyclic) bond motifs is 1. The Hall–Kier alpha value is -3.02. The number of halogens is 5. The molecule has 2 fully saturated rings. The van der Waals surface area contributed by atoms with Crippen molar-refractivity contribution in [1.29, 1.82) is 0 Å². The van der Waals surface area contributed by atoms with Crippen molar-refractivity contribution in [2.24, 2.45) is 7.05 Å². The Labute approximate surface area is 179 Å². The number of phenolic OH excluding ortho intramolecular Hbond substituents is 1. The predicted octanol–water partition coefficient (Wildman–Crippen LogP) is 3.32. The van der Waals surface area contributed by atoms with Gasteiger partial charge in [0, 0.05) is 44.0 Å². The van der Waals surface area contributed by atoms with Gasteiger partial charge in [-0.1, -0.05) is 0 Å². The number of benzene rings is 1. The molecular weight excluding hydrogens is 435 g/mol. The molecule has 2 aromatic heterocycles. The van der Waals surface area contributed by atoms with Crippen LogP contribution in [-0.2, 0) is 13.2 Å². The van der Waals surface area contributed by atoms with Gasteiger partial charge in [-0.15, -0.1) is 0 Å². The topological polar surface area (TPSA) is 70.3 Å². The smallest absolute Gasteiger partial charge is 0.419 e. The highest BCUT2D eigenvalue weighted by Crippen LogP contribution is 2.44. The first-order chi connectivity index (χ1) is 15.0. The monoisotopic (exact) mass is 454 g/mol. The van der Waals surface area contributed by atoms with Gasteiger partial charge in [0.2, 0.25) is 5.95 Å². The molecule has 1 spiro atoms. The van der Waals surface area contributed by atoms with Crippen molar-refractivity contribution in [1.82, 2.24) is 24.6 Å². The molecule has 12 heteroatoms. The van der Waals surface area contributed by atoms with E-state index >= 15 is 0 Å². The Morgan fingerprint density at radius 3 is 2.47 bits per heavy atom. The van der Waals surface area contributed by atoms with Gasteiger partial charge in [-0.25, -0.2) is 18.4 Å². The second-order valence-electron chi connectivity index (χ2n) is 8.39. The second-order valence-corrected chi connectivity index (χ2v) is 8.39. The van der Waals surface area contributed by atoms with Gasteiger partial charge in [-0.2, -0.15) is 23.3 Å². The number of aromatic nitrogens is 4. The minimum absolute atomic E-state index is 0.122. The summed E-state index contributed by atoms with van der Waals surface area (Å²) in [4.78, 5) is 13.2. The molecule has 1 aliphatic carbocycles. The van der Waals surface area contributed by atoms with Crippen LogP contribution in [0, 0.1) is 11.6 Å². The quantitative estimate of drug-likeness (QED) is 0.600. The Morgan fingerprint density at radius 2 is 1.81 bits per heavy atom. The van der Waals surface area contributed by atoms with Crippen molar-refractivity contribution in [3.8, 4) is 17.0 Å². The van der Waals surface area contributed by atoms with Crippen LogP contribution < -0.4 is 4.90 Å². The zero-order chi connectivity index (χ0) is 23.0. The summed E-state index contributed by atoms with van der Waals surface area (Å²) in [6.45, 7) is 2.32. The fourth-order valence-electron chi connectivity index (χ4n) is 4.30. The summed E-state index contributed by atoms with van der Waals surface area (Å²) in [6.07, 6.45) is -1.58. The molecular formula is C20H19F5N6O. The average Bonchev–Trinajstić information content (AvgIpc) is 3.44. The molecule has 0 bridgehead atoms. The number of alkyl halides is 3. The number of nitrogens with zero attached hydrogens (tertiary/aromatic N) is 6. The number of phenols is 1. The van der Waals surface area contributed by atoms with E-state index in [2.05, 4.69) is 27.0 Å². The van der Waals surface area contributed by atoms with Gasteiger partial charge >= 0.3 is 6.18 Å². The molecule has 1 aromatic carbocycles. The van der Waals surface area contributed by atoms with Gasteiger partial charge in [-0.3, -0.25) is 4.90 Å². The summed E-state index contributed by atoms with van der Waals surface area (Å²) in [7, 11) is 3.60. The van der Waals surface area contributed by atoms with E-state index in [0.717, 1.165) is 25.9 Å². The molecule has 3 heterocycles. The van der Waals surface area contributed by atoms with Crippen molar-refractivity contribution in [2.75, 3.05) is 31.6 Å². The summed E-state index contributed by atoms with van der Waals surface area (Å²) < 4.78 is 69.3. The highest BCUT2D eigenvalue weighted by Gasteiger charge is 2.50. The molecule has 0 radical (unpaired) electrons. The first kappa shape index (κ1) is 20.9. The standard InChI is InChI=1S/C20H19F5N6O/c1-29-5-6-31(9-19(29)3-4-19)18-26-8-11-15(28-30(2)17(11)27-18)10-7-12(20(23,24)25)14(22)16(32)13(10)21/h7-8,32H,3-6,9H2,1-2H3. The lowest BCUT2D eigenvalue weighted by Crippen LogP contribution is -2.53. The maximum Gasteiger partial charge on any atom is 0.419 e. The minimum Gasteiger partial charge on any atom is -0.503 e. The predicted molar refractivity (Wildman–Crippen MR) is 105 cm³/mol. The van der Waals surface area contributed by atoms with Gasteiger partial charge in [-0.05, 0) is 26.0 Å². The van der Waals surface area contributed by atoms with Crippen LogP contribution in [0.25, 0.3) is 22.3 Å². The molecule has 0 amide bonds. The summed E-state index contributed by atoms with van der Waals surface area (Å²) in [5.74, 6) is -4.86. The van der Waals surface area contributed by atoms with Crippen LogP contribution in [0.5, 0.6) is 5.75 Å². The lowest BCUT2D eigenvalue weighted by Gasteiger charge is -2.40. The minimum atomic E-state index is -5.13. The molecule has 2 aliphatic rings. The summed E-state index contributed by atoms with van der Waals surface area (Å²) in [6, 6.07) is 0.303. The van der Waals surface area contributed by atoms with Crippen molar-refractivity contribution in [2.45, 2.75) is 24.6 Å². The van der Waals surface area contributed by atoms with E-state index in [1.807, 2.05) is 4.90 Å². The summed E-state index contributed by atoms with van der Waals surface area (Å²) in [5.41, 5.74) is -2.28. The lowest BCUT2D eigenvalue weighted by atomic mass is 10.0. The van der Waals surface area contributed by atoms with Crippen molar-refractivity contribution in [3.63, 3.8) is 0 Å². The Balaban J connectivity index is 1.60.